The number of non-ortho nitro benzene ring substituents is 1. The van der Waals surface area contributed by atoms with Crippen LogP contribution in [0, 0.1) is 10.1 Å². The van der Waals surface area contributed by atoms with Gasteiger partial charge in [-0.1, -0.05) is 19.1 Å². The molecule has 0 aliphatic carbocycles. The molecule has 0 atom stereocenters. The lowest BCUT2D eigenvalue weighted by molar-refractivity contribution is -0.384. The Morgan fingerprint density at radius 1 is 1.07 bits per heavy atom. The number of nitrogens with zero attached hydrogens (tertiary/aromatic N) is 4. The van der Waals surface area contributed by atoms with Gasteiger partial charge in [-0.3, -0.25) is 10.1 Å². The topological polar surface area (TPSA) is 93.8 Å². The van der Waals surface area contributed by atoms with Crippen molar-refractivity contribution >= 4 is 33.1 Å². The van der Waals surface area contributed by atoms with Gasteiger partial charge < -0.3 is 5.32 Å². The van der Waals surface area contributed by atoms with E-state index in [1.165, 1.54) is 12.1 Å². The number of anilines is 1. The number of benzene rings is 2. The number of aryl methyl sites for hydroxylation is 1. The number of hydrogen-bond acceptors (Lipinski definition) is 7. The lowest BCUT2D eigenvalue weighted by Crippen LogP contribution is -2.04. The molecule has 140 valence electrons. The van der Waals surface area contributed by atoms with Crippen LogP contribution in [0.15, 0.2) is 54.6 Å². The van der Waals surface area contributed by atoms with E-state index < -0.39 is 4.92 Å². The van der Waals surface area contributed by atoms with Gasteiger partial charge >= 0.3 is 0 Å². The molecule has 2 aromatic carbocycles. The minimum Gasteiger partial charge on any atom is -0.363 e. The first-order chi connectivity index (χ1) is 13.6. The third-order valence-corrected chi connectivity index (χ3v) is 5.27. The van der Waals surface area contributed by atoms with E-state index in [0.29, 0.717) is 18.2 Å². The maximum absolute atomic E-state index is 10.8. The molecule has 4 rings (SSSR count). The summed E-state index contributed by atoms with van der Waals surface area (Å²) in [6, 6.07) is 16.2. The molecule has 0 bridgehead atoms. The van der Waals surface area contributed by atoms with E-state index in [0.717, 1.165) is 32.9 Å². The van der Waals surface area contributed by atoms with Crippen molar-refractivity contribution in [2.45, 2.75) is 19.9 Å². The van der Waals surface area contributed by atoms with Gasteiger partial charge in [0, 0.05) is 29.5 Å². The second kappa shape index (κ2) is 7.69. The van der Waals surface area contributed by atoms with Crippen LogP contribution >= 0.6 is 11.3 Å². The van der Waals surface area contributed by atoms with Gasteiger partial charge in [-0.15, -0.1) is 11.3 Å². The first kappa shape index (κ1) is 18.0. The van der Waals surface area contributed by atoms with Crippen molar-refractivity contribution in [1.82, 2.24) is 15.0 Å². The number of nitro groups is 1. The van der Waals surface area contributed by atoms with Gasteiger partial charge in [-0.2, -0.15) is 0 Å². The average molecular weight is 391 g/mol. The van der Waals surface area contributed by atoms with Crippen molar-refractivity contribution in [1.29, 1.82) is 0 Å². The molecule has 0 aliphatic heterocycles. The second-order valence-corrected chi connectivity index (χ2v) is 7.27. The van der Waals surface area contributed by atoms with Gasteiger partial charge in [-0.05, 0) is 30.7 Å². The molecular formula is C20H17N5O2S. The maximum atomic E-state index is 10.8. The predicted octanol–water partition coefficient (Wildman–Crippen LogP) is 4.84. The Morgan fingerprint density at radius 3 is 2.57 bits per heavy atom. The van der Waals surface area contributed by atoms with E-state index >= 15 is 0 Å². The fourth-order valence-electron chi connectivity index (χ4n) is 2.79. The molecule has 0 aliphatic rings. The molecular weight excluding hydrogens is 374 g/mol. The molecule has 7 nitrogen and oxygen atoms in total. The number of fused-ring (bicyclic) bond motifs is 1. The highest BCUT2D eigenvalue weighted by molar-refractivity contribution is 7.18. The molecule has 1 N–H and O–H groups in total. The van der Waals surface area contributed by atoms with Crippen LogP contribution in [0.3, 0.4) is 0 Å². The van der Waals surface area contributed by atoms with E-state index in [4.69, 9.17) is 0 Å². The van der Waals surface area contributed by atoms with E-state index in [2.05, 4.69) is 26.3 Å². The minimum atomic E-state index is -0.419. The summed E-state index contributed by atoms with van der Waals surface area (Å²) in [5.74, 6) is 1.25. The fraction of sp³-hybridized carbons (Fsp3) is 0.150. The quantitative estimate of drug-likeness (QED) is 0.373. The second-order valence-electron chi connectivity index (χ2n) is 6.15. The van der Waals surface area contributed by atoms with Gasteiger partial charge in [-0.25, -0.2) is 15.0 Å². The summed E-state index contributed by atoms with van der Waals surface area (Å²) < 4.78 is 1.16. The fourth-order valence-corrected chi connectivity index (χ4v) is 3.70. The largest absolute Gasteiger partial charge is 0.363 e. The Hall–Kier alpha value is -3.39. The number of nitro benzene ring substituents is 1. The lowest BCUT2D eigenvalue weighted by Gasteiger charge is -2.08. The van der Waals surface area contributed by atoms with E-state index in [9.17, 15) is 10.1 Å². The third-order valence-electron chi connectivity index (χ3n) is 4.24. The van der Waals surface area contributed by atoms with Crippen LogP contribution in [-0.4, -0.2) is 19.9 Å². The van der Waals surface area contributed by atoms with Crippen molar-refractivity contribution in [3.63, 3.8) is 0 Å². The van der Waals surface area contributed by atoms with Gasteiger partial charge in [0.2, 0.25) is 0 Å². The molecule has 2 aromatic heterocycles. The first-order valence-electron chi connectivity index (χ1n) is 8.83. The standard InChI is InChI=1S/C20H17N5O2S/c1-2-14-11-18(21-12-19-23-16-5-3-4-6-17(16)28-19)24-20(22-14)13-7-9-15(10-8-13)25(26)27/h3-11H,2,12H2,1H3,(H,21,22,24). The number of rotatable bonds is 6. The van der Waals surface area contributed by atoms with Crippen molar-refractivity contribution in [2.24, 2.45) is 0 Å². The van der Waals surface area contributed by atoms with Crippen LogP contribution in [0.4, 0.5) is 11.5 Å². The Labute approximate surface area is 165 Å². The zero-order valence-corrected chi connectivity index (χ0v) is 15.9. The van der Waals surface area contributed by atoms with Crippen LogP contribution in [-0.2, 0) is 13.0 Å². The van der Waals surface area contributed by atoms with Crippen molar-refractivity contribution < 1.29 is 4.92 Å². The molecule has 0 saturated carbocycles. The minimum absolute atomic E-state index is 0.0459. The van der Waals surface area contributed by atoms with Gasteiger partial charge in [0.25, 0.3) is 5.69 Å². The summed E-state index contributed by atoms with van der Waals surface area (Å²) in [6.45, 7) is 2.60. The van der Waals surface area contributed by atoms with E-state index in [1.807, 2.05) is 31.2 Å². The zero-order valence-electron chi connectivity index (χ0n) is 15.1. The number of aromatic nitrogens is 3. The highest BCUT2D eigenvalue weighted by Gasteiger charge is 2.10. The molecule has 4 aromatic rings. The highest BCUT2D eigenvalue weighted by atomic mass is 32.1. The predicted molar refractivity (Wildman–Crippen MR) is 110 cm³/mol. The van der Waals surface area contributed by atoms with Crippen LogP contribution in [0.1, 0.15) is 17.6 Å². The summed E-state index contributed by atoms with van der Waals surface area (Å²) in [5.41, 5.74) is 2.68. The number of nitrogens with one attached hydrogen (secondary N) is 1. The normalized spacial score (nSPS) is 10.9. The molecule has 8 heteroatoms. The Bertz CT molecular complexity index is 1110. The summed E-state index contributed by atoms with van der Waals surface area (Å²) in [7, 11) is 0. The van der Waals surface area contributed by atoms with Crippen molar-refractivity contribution in [2.75, 3.05) is 5.32 Å². The first-order valence-corrected chi connectivity index (χ1v) is 9.65. The number of thiazole rings is 1. The Kier molecular flexibility index (Phi) is 4.94. The van der Waals surface area contributed by atoms with E-state index in [1.54, 1.807) is 23.5 Å². The van der Waals surface area contributed by atoms with Crippen molar-refractivity contribution in [3.05, 3.63) is 75.4 Å². The van der Waals surface area contributed by atoms with Crippen LogP contribution in [0.5, 0.6) is 0 Å². The monoisotopic (exact) mass is 391 g/mol. The zero-order chi connectivity index (χ0) is 19.5. The smallest absolute Gasteiger partial charge is 0.269 e. The summed E-state index contributed by atoms with van der Waals surface area (Å²) >= 11 is 1.65. The molecule has 0 amide bonds. The molecule has 2 heterocycles. The summed E-state index contributed by atoms with van der Waals surface area (Å²) in [5, 5.41) is 15.2. The number of hydrogen-bond donors (Lipinski definition) is 1. The summed E-state index contributed by atoms with van der Waals surface area (Å²) in [6.07, 6.45) is 0.762. The van der Waals surface area contributed by atoms with Gasteiger partial charge in [0.05, 0.1) is 21.7 Å². The van der Waals surface area contributed by atoms with Crippen LogP contribution in [0.25, 0.3) is 21.6 Å². The molecule has 0 radical (unpaired) electrons. The highest BCUT2D eigenvalue weighted by Crippen LogP contribution is 2.24. The molecule has 0 spiro atoms. The van der Waals surface area contributed by atoms with Crippen molar-refractivity contribution in [3.8, 4) is 11.4 Å². The number of para-hydroxylation sites is 1. The molecule has 28 heavy (non-hydrogen) atoms. The molecule has 0 fully saturated rings. The Balaban J connectivity index is 1.58. The maximum Gasteiger partial charge on any atom is 0.269 e. The molecule has 0 unspecified atom stereocenters. The average Bonchev–Trinajstić information content (AvgIpc) is 3.15. The van der Waals surface area contributed by atoms with E-state index in [-0.39, 0.29) is 5.69 Å². The third kappa shape index (κ3) is 3.81. The molecule has 0 saturated heterocycles. The van der Waals surface area contributed by atoms with Crippen LogP contribution in [0.2, 0.25) is 0 Å². The lowest BCUT2D eigenvalue weighted by atomic mass is 10.2. The van der Waals surface area contributed by atoms with Gasteiger partial charge in [0.1, 0.15) is 10.8 Å². The SMILES string of the molecule is CCc1cc(NCc2nc3ccccc3s2)nc(-c2ccc([N+](=O)[O-])cc2)n1. The van der Waals surface area contributed by atoms with Crippen LogP contribution < -0.4 is 5.32 Å². The summed E-state index contributed by atoms with van der Waals surface area (Å²) in [4.78, 5) is 24.2. The Morgan fingerprint density at radius 2 is 1.86 bits per heavy atom. The van der Waals surface area contributed by atoms with Gasteiger partial charge in [0.15, 0.2) is 5.82 Å².